The van der Waals surface area contributed by atoms with E-state index in [1.807, 2.05) is 18.2 Å². The van der Waals surface area contributed by atoms with E-state index in [4.69, 9.17) is 5.79 Å². The van der Waals surface area contributed by atoms with E-state index in [1.165, 1.54) is 48.8 Å². The second-order valence-corrected chi connectivity index (χ2v) is 15.6. The number of hydrogen-bond donors (Lipinski definition) is 0. The molecule has 4 aromatic heterocycles. The normalized spacial score (nSPS) is 16.8. The third kappa shape index (κ3) is 9.26. The maximum atomic E-state index is 9.92. The fraction of sp³-hybridized carbons (Fsp3) is 0.193. The van der Waals surface area contributed by atoms with Crippen LogP contribution in [0.1, 0.15) is 85.8 Å². The van der Waals surface area contributed by atoms with E-state index >= 15 is 0 Å². The maximum absolute atomic E-state index is 9.92. The zero-order chi connectivity index (χ0) is 55.9. The number of hydrogen-bond acceptors (Lipinski definition) is 5. The summed E-state index contributed by atoms with van der Waals surface area (Å²) in [6, 6.07) is 37.9. The van der Waals surface area contributed by atoms with Crippen molar-refractivity contribution in [3.8, 4) is 39.8 Å². The zero-order valence-electron chi connectivity index (χ0n) is 49.2. The smallest absolute Gasteiger partial charge is 0.153 e. The van der Waals surface area contributed by atoms with Crippen molar-refractivity contribution in [1.29, 1.82) is 5.26 Å². The highest BCUT2D eigenvalue weighted by molar-refractivity contribution is 6.10. The summed E-state index contributed by atoms with van der Waals surface area (Å²) in [5.41, 5.74) is -1.51. The van der Waals surface area contributed by atoms with Crippen molar-refractivity contribution < 1.29 is 25.0 Å². The number of nitrogens with zero attached hydrogens (tertiary/aromatic N) is 4. The van der Waals surface area contributed by atoms with Gasteiger partial charge in [-0.05, 0) is 119 Å². The second-order valence-electron chi connectivity index (χ2n) is 15.6. The third-order valence-electron chi connectivity index (χ3n) is 9.90. The molecule has 5 heteroatoms. The Morgan fingerprint density at radius 2 is 1.06 bits per heavy atom. The van der Waals surface area contributed by atoms with Crippen molar-refractivity contribution in [2.45, 2.75) is 65.4 Å². The Kier molecular flexibility index (Phi) is 7.54. The van der Waals surface area contributed by atoms with Gasteiger partial charge in [-0.15, -0.1) is 0 Å². The van der Waals surface area contributed by atoms with Crippen LogP contribution in [0.3, 0.4) is 0 Å². The molecule has 9 aromatic rings. The molecule has 0 aliphatic rings. The first-order chi connectivity index (χ1) is 36.0. The molecule has 0 aliphatic heterocycles. The van der Waals surface area contributed by atoms with Crippen molar-refractivity contribution in [2.24, 2.45) is 5.41 Å². The molecule has 0 saturated carbocycles. The molecule has 0 bridgehead atoms. The second kappa shape index (κ2) is 17.8. The van der Waals surface area contributed by atoms with Crippen LogP contribution in [-0.4, -0.2) is 15.0 Å². The molecule has 5 aromatic carbocycles. The first-order valence-corrected chi connectivity index (χ1v) is 20.1. The van der Waals surface area contributed by atoms with Crippen LogP contribution in [0.2, 0.25) is 0 Å². The quantitative estimate of drug-likeness (QED) is 0.116. The fourth-order valence-electron chi connectivity index (χ4n) is 7.03. The number of rotatable bonds is 13. The van der Waals surface area contributed by atoms with E-state index in [0.717, 1.165) is 24.4 Å². The Labute approximate surface area is 385 Å². The van der Waals surface area contributed by atoms with Gasteiger partial charge in [0.15, 0.2) is 5.58 Å². The van der Waals surface area contributed by atoms with Gasteiger partial charge in [-0.2, -0.15) is 5.26 Å². The van der Waals surface area contributed by atoms with E-state index in [9.17, 15) is 24.5 Å². The molecule has 0 radical (unpaired) electrons. The molecule has 0 N–H and O–H groups in total. The van der Waals surface area contributed by atoms with Gasteiger partial charge in [0, 0.05) is 65.2 Å². The van der Waals surface area contributed by atoms with Gasteiger partial charge in [-0.1, -0.05) is 136 Å². The molecule has 9 rings (SSSR count). The lowest BCUT2D eigenvalue weighted by Gasteiger charge is -2.21. The lowest BCUT2D eigenvalue weighted by Crippen LogP contribution is -2.12. The minimum atomic E-state index is -3.37. The Bertz CT molecular complexity index is 3610. The van der Waals surface area contributed by atoms with Gasteiger partial charge in [-0.25, -0.2) is 0 Å². The molecule has 0 fully saturated rings. The Morgan fingerprint density at radius 1 is 0.532 bits per heavy atom. The summed E-state index contributed by atoms with van der Waals surface area (Å²) in [5, 5.41) is 11.0. The van der Waals surface area contributed by atoms with Crippen molar-refractivity contribution in [3.05, 3.63) is 209 Å². The van der Waals surface area contributed by atoms with Crippen LogP contribution in [0.15, 0.2) is 169 Å². The average Bonchev–Trinajstić information content (AvgIpc) is 3.79. The number of nitriles is 1. The number of para-hydroxylation sites is 2. The lowest BCUT2D eigenvalue weighted by atomic mass is 9.85. The predicted molar refractivity (Wildman–Crippen MR) is 253 cm³/mol. The molecule has 5 nitrogen and oxygen atoms in total. The van der Waals surface area contributed by atoms with Gasteiger partial charge in [0.05, 0.1) is 24.0 Å². The van der Waals surface area contributed by atoms with Crippen LogP contribution < -0.4 is 0 Å². The van der Waals surface area contributed by atoms with Crippen molar-refractivity contribution >= 4 is 21.9 Å². The van der Waals surface area contributed by atoms with Crippen LogP contribution in [-0.2, 0) is 44.6 Å². The molecule has 0 saturated heterocycles. The number of furan rings is 1. The van der Waals surface area contributed by atoms with Gasteiger partial charge in [0.2, 0.25) is 0 Å². The first-order valence-electron chi connectivity index (χ1n) is 27.6. The van der Waals surface area contributed by atoms with Crippen LogP contribution >= 0.6 is 0 Å². The SMILES string of the molecule is [2H]c1ccc2c(oc3c(-c4cc(C([2H])([2H])C(C)(C)C)c(C([2H])([2H])C([2H])([2H])c5cc(C([2H])([2H])C([2H])([2H])c6ccc(-c7ccccc7)nc6)cc(C([2H])([2H])C([2H])([2H])c6ccc(-c7ccccc7)nc6)c5)cn4)cccc32)c1C#N. The predicted octanol–water partition coefficient (Wildman–Crippen LogP) is 13.6. The summed E-state index contributed by atoms with van der Waals surface area (Å²) >= 11 is 0. The first kappa shape index (κ1) is 26.2. The number of aryl methyl sites for hydroxylation is 6. The van der Waals surface area contributed by atoms with Crippen LogP contribution in [0, 0.1) is 16.7 Å². The Balaban J connectivity index is 1.21. The summed E-state index contributed by atoms with van der Waals surface area (Å²) in [4.78, 5) is 13.4. The van der Waals surface area contributed by atoms with Crippen molar-refractivity contribution in [1.82, 2.24) is 15.0 Å². The molecule has 4 heterocycles. The minimum Gasteiger partial charge on any atom is -0.454 e. The zero-order valence-corrected chi connectivity index (χ0v) is 34.2. The van der Waals surface area contributed by atoms with E-state index in [1.54, 1.807) is 93.6 Å². The summed E-state index contributed by atoms with van der Waals surface area (Å²) < 4.78 is 148. The molecule has 304 valence electrons. The molecule has 0 amide bonds. The van der Waals surface area contributed by atoms with Crippen molar-refractivity contribution in [3.63, 3.8) is 0 Å². The average molecular weight is 822 g/mol. The summed E-state index contributed by atoms with van der Waals surface area (Å²) in [5.74, 6) is 0. The minimum absolute atomic E-state index is 0.00204. The van der Waals surface area contributed by atoms with E-state index in [-0.39, 0.29) is 45.2 Å². The third-order valence-corrected chi connectivity index (χ3v) is 9.90. The number of pyridine rings is 3. The monoisotopic (exact) mass is 821 g/mol. The number of benzene rings is 5. The maximum Gasteiger partial charge on any atom is 0.153 e. The molecular weight excluding hydrogens is 757 g/mol. The number of aromatic nitrogens is 3. The highest BCUT2D eigenvalue weighted by atomic mass is 16.3. The Morgan fingerprint density at radius 3 is 1.61 bits per heavy atom. The van der Waals surface area contributed by atoms with Gasteiger partial charge in [0.25, 0.3) is 0 Å². The van der Waals surface area contributed by atoms with Crippen molar-refractivity contribution in [2.75, 3.05) is 0 Å². The standard InChI is InChI=1S/C57H50N4O/c1-57(2,3)34-48-33-54(51-19-11-18-50-49-17-10-16-46(35-58)55(49)62-56(50)51)61-38-47(48)27-24-43-31-41(22-20-39-25-28-52(59-36-39)44-12-6-4-7-13-44)30-42(32-43)23-21-40-26-29-53(60-37-40)45-14-8-5-9-15-45/h4-19,25-26,28-33,36-38H,20-24,27,34H2,1-3H3/i16D,20D2,21D2,22D2,23D2,24D2,27D2,34D2. The van der Waals surface area contributed by atoms with Crippen LogP contribution in [0.5, 0.6) is 0 Å². The van der Waals surface area contributed by atoms with Gasteiger partial charge in [0.1, 0.15) is 11.7 Å². The van der Waals surface area contributed by atoms with Gasteiger partial charge < -0.3 is 4.42 Å². The lowest BCUT2D eigenvalue weighted by molar-refractivity contribution is 0.409. The van der Waals surface area contributed by atoms with E-state index in [2.05, 4.69) is 15.0 Å². The highest BCUT2D eigenvalue weighted by Crippen LogP contribution is 2.37. The topological polar surface area (TPSA) is 75.6 Å². The van der Waals surface area contributed by atoms with Gasteiger partial charge in [-0.3, -0.25) is 15.0 Å². The summed E-state index contributed by atoms with van der Waals surface area (Å²) in [6.45, 7) is 4.75. The Hall–Kier alpha value is -7.16. The largest absolute Gasteiger partial charge is 0.454 e. The van der Waals surface area contributed by atoms with Gasteiger partial charge >= 0.3 is 0 Å². The molecule has 0 unspecified atom stereocenters. The fourth-order valence-corrected chi connectivity index (χ4v) is 7.03. The van der Waals surface area contributed by atoms with Crippen LogP contribution in [0.25, 0.3) is 55.7 Å². The molecular formula is C57H50N4O. The molecule has 0 spiro atoms. The molecule has 0 aliphatic carbocycles. The summed E-state index contributed by atoms with van der Waals surface area (Å²) in [7, 11) is 0. The van der Waals surface area contributed by atoms with E-state index < -0.39 is 72.3 Å². The van der Waals surface area contributed by atoms with Crippen LogP contribution in [0.4, 0.5) is 0 Å². The summed E-state index contributed by atoms with van der Waals surface area (Å²) in [6.07, 6.45) is -18.1. The number of fused-ring (bicyclic) bond motifs is 3. The highest BCUT2D eigenvalue weighted by Gasteiger charge is 2.19. The molecule has 0 atom stereocenters. The van der Waals surface area contributed by atoms with E-state index in [0.29, 0.717) is 38.9 Å². The molecule has 62 heavy (non-hydrogen) atoms.